The fourth-order valence-electron chi connectivity index (χ4n) is 1.99. The van der Waals surface area contributed by atoms with Gasteiger partial charge in [-0.1, -0.05) is 24.3 Å². The standard InChI is InChI=1S/C19H18BrClN2O4/c1-3-8-26-19-16(20)9-13(10-17(19)25-2)11-22-23-18(24)12-27-15-6-4-14(21)5-7-15/h3-7,9-11H,1,8,12H2,2H3,(H,23,24)/b22-11-. The van der Waals surface area contributed by atoms with Crippen LogP contribution in [0.1, 0.15) is 5.56 Å². The van der Waals surface area contributed by atoms with Crippen LogP contribution in [0.3, 0.4) is 0 Å². The van der Waals surface area contributed by atoms with Crippen LogP contribution in [-0.4, -0.2) is 32.4 Å². The van der Waals surface area contributed by atoms with Gasteiger partial charge in [-0.25, -0.2) is 5.43 Å². The van der Waals surface area contributed by atoms with Crippen LogP contribution >= 0.6 is 27.5 Å². The van der Waals surface area contributed by atoms with Crippen molar-refractivity contribution in [2.75, 3.05) is 20.3 Å². The number of methoxy groups -OCH3 is 1. The number of carbonyl (C=O) groups is 1. The number of amides is 1. The molecule has 0 fully saturated rings. The van der Waals surface area contributed by atoms with Gasteiger partial charge in [-0.3, -0.25) is 4.79 Å². The topological polar surface area (TPSA) is 69.2 Å². The van der Waals surface area contributed by atoms with Gasteiger partial charge in [-0.2, -0.15) is 5.10 Å². The maximum absolute atomic E-state index is 11.8. The lowest BCUT2D eigenvalue weighted by atomic mass is 10.2. The van der Waals surface area contributed by atoms with Crippen molar-refractivity contribution in [3.05, 3.63) is 64.1 Å². The van der Waals surface area contributed by atoms with Crippen LogP contribution in [0.25, 0.3) is 0 Å². The Morgan fingerprint density at radius 3 is 2.70 bits per heavy atom. The van der Waals surface area contributed by atoms with E-state index >= 15 is 0 Å². The van der Waals surface area contributed by atoms with Gasteiger partial charge in [0, 0.05) is 5.02 Å². The number of ether oxygens (including phenoxy) is 3. The average molecular weight is 454 g/mol. The molecule has 0 saturated carbocycles. The van der Waals surface area contributed by atoms with E-state index < -0.39 is 5.91 Å². The second kappa shape index (κ2) is 10.6. The molecular weight excluding hydrogens is 436 g/mol. The van der Waals surface area contributed by atoms with Crippen LogP contribution in [-0.2, 0) is 4.79 Å². The van der Waals surface area contributed by atoms with Gasteiger partial charge in [-0.15, -0.1) is 0 Å². The van der Waals surface area contributed by atoms with Crippen molar-refractivity contribution in [1.82, 2.24) is 5.43 Å². The maximum atomic E-state index is 11.8. The number of rotatable bonds is 9. The lowest BCUT2D eigenvalue weighted by Gasteiger charge is -2.12. The van der Waals surface area contributed by atoms with Gasteiger partial charge in [0.2, 0.25) is 0 Å². The lowest BCUT2D eigenvalue weighted by Crippen LogP contribution is -2.24. The monoisotopic (exact) mass is 452 g/mol. The zero-order valence-electron chi connectivity index (χ0n) is 14.6. The van der Waals surface area contributed by atoms with E-state index in [9.17, 15) is 4.79 Å². The second-order valence-electron chi connectivity index (χ2n) is 5.17. The predicted molar refractivity (Wildman–Crippen MR) is 109 cm³/mol. The third kappa shape index (κ3) is 6.62. The van der Waals surface area contributed by atoms with E-state index in [0.29, 0.717) is 38.9 Å². The first kappa shape index (κ1) is 20.8. The van der Waals surface area contributed by atoms with Gasteiger partial charge in [0.25, 0.3) is 5.91 Å². The Morgan fingerprint density at radius 2 is 2.04 bits per heavy atom. The number of benzene rings is 2. The Morgan fingerprint density at radius 1 is 1.30 bits per heavy atom. The minimum atomic E-state index is -0.391. The Hall–Kier alpha value is -2.51. The van der Waals surface area contributed by atoms with Gasteiger partial charge < -0.3 is 14.2 Å². The molecule has 27 heavy (non-hydrogen) atoms. The molecule has 0 aliphatic rings. The summed E-state index contributed by atoms with van der Waals surface area (Å²) >= 11 is 9.22. The van der Waals surface area contributed by atoms with E-state index in [1.165, 1.54) is 6.21 Å². The van der Waals surface area contributed by atoms with Crippen molar-refractivity contribution >= 4 is 39.7 Å². The molecule has 0 aliphatic carbocycles. The first-order valence-corrected chi connectivity index (χ1v) is 9.02. The number of nitrogens with one attached hydrogen (secondary N) is 1. The van der Waals surface area contributed by atoms with Crippen LogP contribution in [0.15, 0.2) is 58.6 Å². The van der Waals surface area contributed by atoms with Gasteiger partial charge in [-0.05, 0) is 57.9 Å². The molecule has 0 aromatic heterocycles. The van der Waals surface area contributed by atoms with Crippen LogP contribution in [0.4, 0.5) is 0 Å². The molecule has 0 unspecified atom stereocenters. The molecule has 1 N–H and O–H groups in total. The number of hydrogen-bond acceptors (Lipinski definition) is 5. The molecule has 1 amide bonds. The highest BCUT2D eigenvalue weighted by Crippen LogP contribution is 2.36. The van der Waals surface area contributed by atoms with Crippen LogP contribution < -0.4 is 19.6 Å². The SMILES string of the molecule is C=CCOc1c(Br)cc(/C=N\NC(=O)COc2ccc(Cl)cc2)cc1OC. The average Bonchev–Trinajstić information content (AvgIpc) is 2.66. The first-order chi connectivity index (χ1) is 13.0. The molecule has 0 radical (unpaired) electrons. The van der Waals surface area contributed by atoms with Crippen LogP contribution in [0.2, 0.25) is 5.02 Å². The number of halogens is 2. The van der Waals surface area contributed by atoms with Crippen LogP contribution in [0, 0.1) is 0 Å². The third-order valence-corrected chi connectivity index (χ3v) is 4.02. The van der Waals surface area contributed by atoms with Crippen molar-refractivity contribution in [3.8, 4) is 17.2 Å². The Bertz CT molecular complexity index is 825. The summed E-state index contributed by atoms with van der Waals surface area (Å²) < 4.78 is 16.9. The smallest absolute Gasteiger partial charge is 0.277 e. The van der Waals surface area contributed by atoms with E-state index in [2.05, 4.69) is 33.0 Å². The largest absolute Gasteiger partial charge is 0.493 e. The lowest BCUT2D eigenvalue weighted by molar-refractivity contribution is -0.123. The summed E-state index contributed by atoms with van der Waals surface area (Å²) in [4.78, 5) is 11.8. The second-order valence-corrected chi connectivity index (χ2v) is 6.46. The number of nitrogens with zero attached hydrogens (tertiary/aromatic N) is 1. The van der Waals surface area contributed by atoms with Crippen molar-refractivity contribution in [2.24, 2.45) is 5.10 Å². The quantitative estimate of drug-likeness (QED) is 0.351. The van der Waals surface area contributed by atoms with Crippen LogP contribution in [0.5, 0.6) is 17.2 Å². The molecule has 8 heteroatoms. The summed E-state index contributed by atoms with van der Waals surface area (Å²) in [6, 6.07) is 10.3. The highest BCUT2D eigenvalue weighted by molar-refractivity contribution is 9.10. The van der Waals surface area contributed by atoms with Crippen molar-refractivity contribution in [1.29, 1.82) is 0 Å². The van der Waals surface area contributed by atoms with Gasteiger partial charge in [0.15, 0.2) is 18.1 Å². The molecule has 142 valence electrons. The Kier molecular flexibility index (Phi) is 8.16. The fourth-order valence-corrected chi connectivity index (χ4v) is 2.69. The molecule has 0 spiro atoms. The zero-order chi connectivity index (χ0) is 19.6. The zero-order valence-corrected chi connectivity index (χ0v) is 16.9. The number of hydrogen-bond donors (Lipinski definition) is 1. The maximum Gasteiger partial charge on any atom is 0.277 e. The van der Waals surface area contributed by atoms with E-state index in [4.69, 9.17) is 25.8 Å². The minimum absolute atomic E-state index is 0.166. The molecule has 2 aromatic carbocycles. The minimum Gasteiger partial charge on any atom is -0.493 e. The van der Waals surface area contributed by atoms with E-state index in [0.717, 1.165) is 0 Å². The summed E-state index contributed by atoms with van der Waals surface area (Å²) in [5.74, 6) is 1.25. The summed E-state index contributed by atoms with van der Waals surface area (Å²) in [5, 5.41) is 4.51. The fraction of sp³-hybridized carbons (Fsp3) is 0.158. The molecule has 6 nitrogen and oxygen atoms in total. The molecule has 0 aliphatic heterocycles. The molecular formula is C19H18BrClN2O4. The van der Waals surface area contributed by atoms with E-state index in [1.54, 1.807) is 49.6 Å². The number of carbonyl (C=O) groups excluding carboxylic acids is 1. The third-order valence-electron chi connectivity index (χ3n) is 3.18. The van der Waals surface area contributed by atoms with E-state index in [-0.39, 0.29) is 6.61 Å². The summed E-state index contributed by atoms with van der Waals surface area (Å²) in [5.41, 5.74) is 3.11. The normalized spacial score (nSPS) is 10.5. The number of hydrazone groups is 1. The van der Waals surface area contributed by atoms with E-state index in [1.807, 2.05) is 0 Å². The summed E-state index contributed by atoms with van der Waals surface area (Å²) in [6.45, 7) is 3.80. The predicted octanol–water partition coefficient (Wildman–Crippen LogP) is 4.21. The van der Waals surface area contributed by atoms with Crippen molar-refractivity contribution in [2.45, 2.75) is 0 Å². The molecule has 0 heterocycles. The van der Waals surface area contributed by atoms with Gasteiger partial charge in [0.05, 0.1) is 17.8 Å². The molecule has 2 rings (SSSR count). The summed E-state index contributed by atoms with van der Waals surface area (Å²) in [6.07, 6.45) is 3.13. The Balaban J connectivity index is 1.92. The molecule has 2 aromatic rings. The first-order valence-electron chi connectivity index (χ1n) is 7.85. The van der Waals surface area contributed by atoms with Crippen molar-refractivity contribution < 1.29 is 19.0 Å². The Labute approximate surface area is 170 Å². The summed E-state index contributed by atoms with van der Waals surface area (Å²) in [7, 11) is 1.54. The molecule has 0 saturated heterocycles. The molecule has 0 bridgehead atoms. The van der Waals surface area contributed by atoms with Gasteiger partial charge >= 0.3 is 0 Å². The molecule has 0 atom stereocenters. The van der Waals surface area contributed by atoms with Crippen molar-refractivity contribution in [3.63, 3.8) is 0 Å². The van der Waals surface area contributed by atoms with Gasteiger partial charge in [0.1, 0.15) is 12.4 Å². The highest BCUT2D eigenvalue weighted by atomic mass is 79.9. The highest BCUT2D eigenvalue weighted by Gasteiger charge is 2.10.